The van der Waals surface area contributed by atoms with Gasteiger partial charge in [0.25, 0.3) is 0 Å². The van der Waals surface area contributed by atoms with Crippen LogP contribution in [0.5, 0.6) is 0 Å². The van der Waals surface area contributed by atoms with Crippen LogP contribution in [0.2, 0.25) is 0 Å². The Balaban J connectivity index is 1.85. The predicted molar refractivity (Wildman–Crippen MR) is 61.0 cm³/mol. The molecule has 0 aliphatic heterocycles. The van der Waals surface area contributed by atoms with Crippen LogP contribution in [0.25, 0.3) is 0 Å². The van der Waals surface area contributed by atoms with Gasteiger partial charge in [-0.25, -0.2) is 4.98 Å². The van der Waals surface area contributed by atoms with E-state index in [1.807, 2.05) is 37.4 Å². The molecule has 0 amide bonds. The Hall–Kier alpha value is -1.81. The molecule has 1 N–H and O–H groups in total. The Kier molecular flexibility index (Phi) is 3.56. The van der Waals surface area contributed by atoms with Crippen molar-refractivity contribution in [3.05, 3.63) is 48.0 Å². The highest BCUT2D eigenvalue weighted by Gasteiger charge is 1.99. The lowest BCUT2D eigenvalue weighted by Crippen LogP contribution is -1.99. The van der Waals surface area contributed by atoms with Crippen molar-refractivity contribution in [2.24, 2.45) is 0 Å². The number of nitrogens with zero attached hydrogens (tertiary/aromatic N) is 1. The maximum absolute atomic E-state index is 5.48. The summed E-state index contributed by atoms with van der Waals surface area (Å²) in [5.41, 5.74) is 0.901. The molecule has 2 aromatic rings. The van der Waals surface area contributed by atoms with Crippen molar-refractivity contribution >= 4 is 5.82 Å². The largest absolute Gasteiger partial charge is 0.467 e. The van der Waals surface area contributed by atoms with E-state index in [-0.39, 0.29) is 0 Å². The van der Waals surface area contributed by atoms with Crippen molar-refractivity contribution in [2.45, 2.75) is 13.2 Å². The van der Waals surface area contributed by atoms with E-state index in [0.29, 0.717) is 13.2 Å². The van der Waals surface area contributed by atoms with E-state index in [9.17, 15) is 0 Å². The third-order valence-electron chi connectivity index (χ3n) is 2.14. The first kappa shape index (κ1) is 10.7. The van der Waals surface area contributed by atoms with Gasteiger partial charge in [0.15, 0.2) is 0 Å². The number of hydrogen-bond donors (Lipinski definition) is 1. The highest BCUT2D eigenvalue weighted by Crippen LogP contribution is 2.07. The van der Waals surface area contributed by atoms with Gasteiger partial charge in [0, 0.05) is 7.05 Å². The van der Waals surface area contributed by atoms with Gasteiger partial charge in [0.05, 0.1) is 18.6 Å². The zero-order chi connectivity index (χ0) is 11.2. The Morgan fingerprint density at radius 1 is 1.25 bits per heavy atom. The average Bonchev–Trinajstić information content (AvgIpc) is 2.82. The summed E-state index contributed by atoms with van der Waals surface area (Å²) in [6.45, 7) is 0.953. The van der Waals surface area contributed by atoms with Crippen LogP contribution in [-0.2, 0) is 18.0 Å². The summed E-state index contributed by atoms with van der Waals surface area (Å²) in [6.07, 6.45) is 1.64. The fraction of sp³-hybridized carbons (Fsp3) is 0.250. The van der Waals surface area contributed by atoms with Crippen molar-refractivity contribution in [1.82, 2.24) is 4.98 Å². The van der Waals surface area contributed by atoms with E-state index in [1.54, 1.807) is 6.26 Å². The lowest BCUT2D eigenvalue weighted by atomic mass is 10.3. The van der Waals surface area contributed by atoms with Gasteiger partial charge in [0.1, 0.15) is 18.2 Å². The van der Waals surface area contributed by atoms with Crippen LogP contribution in [0.1, 0.15) is 11.5 Å². The molecule has 0 saturated carbocycles. The minimum absolute atomic E-state index is 0.471. The molecule has 16 heavy (non-hydrogen) atoms. The summed E-state index contributed by atoms with van der Waals surface area (Å²) in [6, 6.07) is 9.53. The number of aromatic nitrogens is 1. The van der Waals surface area contributed by atoms with Crippen LogP contribution >= 0.6 is 0 Å². The van der Waals surface area contributed by atoms with E-state index >= 15 is 0 Å². The smallest absolute Gasteiger partial charge is 0.129 e. The van der Waals surface area contributed by atoms with Gasteiger partial charge in [-0.3, -0.25) is 0 Å². The lowest BCUT2D eigenvalue weighted by molar-refractivity contribution is 0.0907. The van der Waals surface area contributed by atoms with Crippen molar-refractivity contribution in [1.29, 1.82) is 0 Å². The van der Waals surface area contributed by atoms with Crippen LogP contribution in [0, 0.1) is 0 Å². The van der Waals surface area contributed by atoms with E-state index in [4.69, 9.17) is 9.15 Å². The standard InChI is InChI=1S/C12H14N2O2/c1-13-12-6-2-4-10(14-12)8-15-9-11-5-3-7-16-11/h2-7H,8-9H2,1H3,(H,13,14). The molecule has 2 heterocycles. The minimum atomic E-state index is 0.471. The molecular weight excluding hydrogens is 204 g/mol. The highest BCUT2D eigenvalue weighted by atomic mass is 16.5. The monoisotopic (exact) mass is 218 g/mol. The first-order valence-electron chi connectivity index (χ1n) is 5.12. The number of anilines is 1. The maximum atomic E-state index is 5.48. The van der Waals surface area contributed by atoms with Crippen LogP contribution in [-0.4, -0.2) is 12.0 Å². The third kappa shape index (κ3) is 2.84. The average molecular weight is 218 g/mol. The van der Waals surface area contributed by atoms with Crippen molar-refractivity contribution in [3.8, 4) is 0 Å². The molecule has 4 heteroatoms. The van der Waals surface area contributed by atoms with E-state index in [2.05, 4.69) is 10.3 Å². The van der Waals surface area contributed by atoms with E-state index in [0.717, 1.165) is 17.3 Å². The molecule has 0 aliphatic rings. The normalized spacial score (nSPS) is 10.3. The molecule has 2 aromatic heterocycles. The van der Waals surface area contributed by atoms with Crippen molar-refractivity contribution < 1.29 is 9.15 Å². The van der Waals surface area contributed by atoms with Gasteiger partial charge < -0.3 is 14.5 Å². The zero-order valence-corrected chi connectivity index (χ0v) is 9.14. The van der Waals surface area contributed by atoms with Crippen LogP contribution < -0.4 is 5.32 Å². The van der Waals surface area contributed by atoms with Gasteiger partial charge in [-0.2, -0.15) is 0 Å². The molecule has 0 radical (unpaired) electrons. The maximum Gasteiger partial charge on any atom is 0.129 e. The van der Waals surface area contributed by atoms with Gasteiger partial charge in [-0.15, -0.1) is 0 Å². The lowest BCUT2D eigenvalue weighted by Gasteiger charge is -2.04. The fourth-order valence-corrected chi connectivity index (χ4v) is 1.35. The van der Waals surface area contributed by atoms with Gasteiger partial charge in [0.2, 0.25) is 0 Å². The molecule has 0 fully saturated rings. The molecule has 0 atom stereocenters. The van der Waals surface area contributed by atoms with Crippen molar-refractivity contribution in [2.75, 3.05) is 12.4 Å². The summed E-state index contributed by atoms with van der Waals surface area (Å²) in [5.74, 6) is 1.67. The predicted octanol–water partition coefficient (Wildman–Crippen LogP) is 2.43. The van der Waals surface area contributed by atoms with Crippen molar-refractivity contribution in [3.63, 3.8) is 0 Å². The second kappa shape index (κ2) is 5.32. The third-order valence-corrected chi connectivity index (χ3v) is 2.14. The van der Waals surface area contributed by atoms with Gasteiger partial charge in [-0.05, 0) is 24.3 Å². The quantitative estimate of drug-likeness (QED) is 0.837. The summed E-state index contributed by atoms with van der Waals surface area (Å²) in [4.78, 5) is 4.34. The Morgan fingerprint density at radius 2 is 2.19 bits per heavy atom. The van der Waals surface area contributed by atoms with E-state index in [1.165, 1.54) is 0 Å². The SMILES string of the molecule is CNc1cccc(COCc2ccco2)n1. The molecule has 0 aliphatic carbocycles. The molecule has 0 aromatic carbocycles. The number of nitrogens with one attached hydrogen (secondary N) is 1. The first-order valence-corrected chi connectivity index (χ1v) is 5.12. The Labute approximate surface area is 94.3 Å². The number of ether oxygens (including phenoxy) is 1. The number of furan rings is 1. The number of pyridine rings is 1. The van der Waals surface area contributed by atoms with Crippen LogP contribution in [0.3, 0.4) is 0 Å². The molecular formula is C12H14N2O2. The van der Waals surface area contributed by atoms with Gasteiger partial charge >= 0.3 is 0 Å². The second-order valence-corrected chi connectivity index (χ2v) is 3.34. The van der Waals surface area contributed by atoms with E-state index < -0.39 is 0 Å². The first-order chi connectivity index (χ1) is 7.88. The molecule has 84 valence electrons. The summed E-state index contributed by atoms with van der Waals surface area (Å²) in [5, 5.41) is 2.99. The Bertz CT molecular complexity index is 426. The molecule has 0 saturated heterocycles. The summed E-state index contributed by atoms with van der Waals surface area (Å²) >= 11 is 0. The van der Waals surface area contributed by atoms with Crippen LogP contribution in [0.4, 0.5) is 5.82 Å². The Morgan fingerprint density at radius 3 is 2.94 bits per heavy atom. The zero-order valence-electron chi connectivity index (χ0n) is 9.14. The molecule has 0 unspecified atom stereocenters. The topological polar surface area (TPSA) is 47.3 Å². The molecule has 4 nitrogen and oxygen atoms in total. The fourth-order valence-electron chi connectivity index (χ4n) is 1.35. The van der Waals surface area contributed by atoms with Gasteiger partial charge in [-0.1, -0.05) is 6.07 Å². The highest BCUT2D eigenvalue weighted by molar-refractivity contribution is 5.33. The van der Waals surface area contributed by atoms with Crippen LogP contribution in [0.15, 0.2) is 41.0 Å². The minimum Gasteiger partial charge on any atom is -0.467 e. The summed E-state index contributed by atoms with van der Waals surface area (Å²) in [7, 11) is 1.84. The molecule has 0 spiro atoms. The molecule has 0 bridgehead atoms. The second-order valence-electron chi connectivity index (χ2n) is 3.34. The number of hydrogen-bond acceptors (Lipinski definition) is 4. The summed E-state index contributed by atoms with van der Waals surface area (Å²) < 4.78 is 10.6. The molecule has 2 rings (SSSR count). The number of rotatable bonds is 5.